The van der Waals surface area contributed by atoms with Gasteiger partial charge in [0, 0.05) is 36.9 Å². The van der Waals surface area contributed by atoms with Gasteiger partial charge in [-0.15, -0.1) is 0 Å². The van der Waals surface area contributed by atoms with Crippen molar-refractivity contribution in [3.05, 3.63) is 94.5 Å². The van der Waals surface area contributed by atoms with Gasteiger partial charge in [-0.3, -0.25) is 4.90 Å². The third kappa shape index (κ3) is 6.46. The molecule has 0 saturated carbocycles. The molecular formula is C27H27ClIN3O3. The first-order valence-electron chi connectivity index (χ1n) is 11.4. The number of nitriles is 1. The number of piperazine rings is 1. The van der Waals surface area contributed by atoms with E-state index in [0.29, 0.717) is 17.1 Å². The molecule has 8 heteroatoms. The summed E-state index contributed by atoms with van der Waals surface area (Å²) >= 11 is 8.25. The molecule has 0 spiro atoms. The Morgan fingerprint density at radius 2 is 1.71 bits per heavy atom. The van der Waals surface area contributed by atoms with Crippen molar-refractivity contribution in [3.8, 4) is 11.8 Å². The Kier molecular flexibility index (Phi) is 8.52. The number of alkyl halides is 1. The number of benzene rings is 3. The molecule has 0 aliphatic carbocycles. The van der Waals surface area contributed by atoms with E-state index in [-0.39, 0.29) is 19.3 Å². The van der Waals surface area contributed by atoms with Crippen molar-refractivity contribution < 1.29 is 14.9 Å². The van der Waals surface area contributed by atoms with Crippen molar-refractivity contribution in [1.29, 1.82) is 5.26 Å². The van der Waals surface area contributed by atoms with Crippen molar-refractivity contribution in [2.45, 2.75) is 9.65 Å². The summed E-state index contributed by atoms with van der Waals surface area (Å²) in [4.78, 5) is 4.64. The molecule has 1 heterocycles. The van der Waals surface area contributed by atoms with Crippen molar-refractivity contribution >= 4 is 39.9 Å². The van der Waals surface area contributed by atoms with Crippen LogP contribution in [0.5, 0.6) is 5.75 Å². The van der Waals surface area contributed by atoms with Crippen LogP contribution in [0.2, 0.25) is 5.02 Å². The molecule has 1 saturated heterocycles. The highest BCUT2D eigenvalue weighted by atomic mass is 127. The average molecular weight is 604 g/mol. The average Bonchev–Trinajstić information content (AvgIpc) is 2.88. The molecule has 6 nitrogen and oxygen atoms in total. The van der Waals surface area contributed by atoms with Gasteiger partial charge in [0.15, 0.2) is 3.61 Å². The van der Waals surface area contributed by atoms with Crippen molar-refractivity contribution in [2.75, 3.05) is 44.3 Å². The SMILES string of the molecule is N#Cc1ccc([C@@](O)(I)CN2CCN(c3ccc(OCCO)cc3)[C@H](c3ccc(Cl)cc3)C2)cc1. The van der Waals surface area contributed by atoms with Crippen LogP contribution in [0.1, 0.15) is 22.7 Å². The molecule has 2 atom stereocenters. The number of aliphatic hydroxyl groups is 2. The number of hydrogen-bond acceptors (Lipinski definition) is 6. The molecule has 0 unspecified atom stereocenters. The van der Waals surface area contributed by atoms with E-state index in [1.165, 1.54) is 0 Å². The summed E-state index contributed by atoms with van der Waals surface area (Å²) in [7, 11) is 0. The minimum Gasteiger partial charge on any atom is -0.491 e. The van der Waals surface area contributed by atoms with Gasteiger partial charge >= 0.3 is 0 Å². The van der Waals surface area contributed by atoms with E-state index in [1.54, 1.807) is 12.1 Å². The number of rotatable bonds is 8. The van der Waals surface area contributed by atoms with Crippen LogP contribution in [0.25, 0.3) is 0 Å². The summed E-state index contributed by atoms with van der Waals surface area (Å²) in [5, 5.41) is 30.0. The maximum absolute atomic E-state index is 11.3. The van der Waals surface area contributed by atoms with Gasteiger partial charge in [-0.25, -0.2) is 0 Å². The van der Waals surface area contributed by atoms with Gasteiger partial charge in [-0.05, 0) is 82.2 Å². The van der Waals surface area contributed by atoms with Gasteiger partial charge in [0.2, 0.25) is 0 Å². The third-order valence-corrected chi connectivity index (χ3v) is 7.35. The molecule has 0 bridgehead atoms. The summed E-state index contributed by atoms with van der Waals surface area (Å²) in [6.45, 7) is 3.01. The Balaban J connectivity index is 1.54. The maximum Gasteiger partial charge on any atom is 0.153 e. The van der Waals surface area contributed by atoms with E-state index in [0.717, 1.165) is 42.2 Å². The zero-order chi connectivity index (χ0) is 24.8. The van der Waals surface area contributed by atoms with E-state index in [9.17, 15) is 5.11 Å². The molecule has 3 aromatic carbocycles. The van der Waals surface area contributed by atoms with Gasteiger partial charge in [0.1, 0.15) is 12.4 Å². The highest BCUT2D eigenvalue weighted by Crippen LogP contribution is 2.35. The van der Waals surface area contributed by atoms with Crippen LogP contribution in [-0.2, 0) is 3.61 Å². The second-order valence-electron chi connectivity index (χ2n) is 8.51. The van der Waals surface area contributed by atoms with E-state index in [1.807, 2.05) is 48.5 Å². The predicted octanol–water partition coefficient (Wildman–Crippen LogP) is 4.73. The first kappa shape index (κ1) is 25.7. The van der Waals surface area contributed by atoms with E-state index in [4.69, 9.17) is 26.7 Å². The Morgan fingerprint density at radius 3 is 2.34 bits per heavy atom. The molecule has 1 fully saturated rings. The van der Waals surface area contributed by atoms with E-state index >= 15 is 0 Å². The number of halogens is 2. The van der Waals surface area contributed by atoms with Gasteiger partial charge in [-0.2, -0.15) is 5.26 Å². The molecule has 1 aliphatic heterocycles. The molecular weight excluding hydrogens is 577 g/mol. The van der Waals surface area contributed by atoms with Gasteiger partial charge in [-0.1, -0.05) is 35.9 Å². The second-order valence-corrected chi connectivity index (χ2v) is 10.7. The molecule has 182 valence electrons. The summed E-state index contributed by atoms with van der Waals surface area (Å²) in [5.41, 5.74) is 3.58. The molecule has 35 heavy (non-hydrogen) atoms. The van der Waals surface area contributed by atoms with Crippen molar-refractivity contribution in [2.24, 2.45) is 0 Å². The molecule has 0 amide bonds. The molecule has 0 aromatic heterocycles. The van der Waals surface area contributed by atoms with Crippen LogP contribution >= 0.6 is 34.2 Å². The lowest BCUT2D eigenvalue weighted by molar-refractivity contribution is 0.0859. The molecule has 2 N–H and O–H groups in total. The Labute approximate surface area is 224 Å². The Bertz CT molecular complexity index is 1150. The zero-order valence-corrected chi connectivity index (χ0v) is 22.1. The zero-order valence-electron chi connectivity index (χ0n) is 19.1. The first-order valence-corrected chi connectivity index (χ1v) is 12.9. The minimum absolute atomic E-state index is 0.0199. The lowest BCUT2D eigenvalue weighted by Crippen LogP contribution is -2.51. The number of nitrogens with zero attached hydrogens (tertiary/aromatic N) is 3. The van der Waals surface area contributed by atoms with Gasteiger partial charge in [0.05, 0.1) is 24.3 Å². The summed E-state index contributed by atoms with van der Waals surface area (Å²) < 4.78 is 4.43. The van der Waals surface area contributed by atoms with Crippen LogP contribution in [0, 0.1) is 11.3 Å². The van der Waals surface area contributed by atoms with E-state index in [2.05, 4.69) is 50.6 Å². The molecule has 1 aliphatic rings. The standard InChI is InChI=1S/C27H27ClIN3O3/c28-23-7-3-21(4-8-23)26-18-31(19-27(29,34)22-5-1-20(17-30)2-6-22)13-14-32(26)24-9-11-25(12-10-24)35-16-15-33/h1-12,26,33-34H,13-16,18-19H2/t26-,27+/m0/s1. The fourth-order valence-corrected chi connectivity index (χ4v) is 5.32. The van der Waals surface area contributed by atoms with Crippen molar-refractivity contribution in [1.82, 2.24) is 4.90 Å². The lowest BCUT2D eigenvalue weighted by Gasteiger charge is -2.44. The van der Waals surface area contributed by atoms with Crippen LogP contribution < -0.4 is 9.64 Å². The first-order chi connectivity index (χ1) is 16.9. The largest absolute Gasteiger partial charge is 0.491 e. The molecule has 3 aromatic rings. The molecule has 0 radical (unpaired) electrons. The summed E-state index contributed by atoms with van der Waals surface area (Å²) in [5.74, 6) is 0.724. The fraction of sp³-hybridized carbons (Fsp3) is 0.296. The number of ether oxygens (including phenoxy) is 1. The molecule has 4 rings (SSSR count). The van der Waals surface area contributed by atoms with E-state index < -0.39 is 3.61 Å². The monoisotopic (exact) mass is 603 g/mol. The van der Waals surface area contributed by atoms with Crippen LogP contribution in [-0.4, -0.2) is 54.5 Å². The van der Waals surface area contributed by atoms with Crippen LogP contribution in [0.15, 0.2) is 72.8 Å². The summed E-state index contributed by atoms with van der Waals surface area (Å²) in [6.07, 6.45) is 0. The second kappa shape index (κ2) is 11.6. The van der Waals surface area contributed by atoms with Gasteiger partial charge < -0.3 is 19.8 Å². The maximum atomic E-state index is 11.3. The summed E-state index contributed by atoms with van der Waals surface area (Å²) in [6, 6.07) is 25.1. The lowest BCUT2D eigenvalue weighted by atomic mass is 10.00. The van der Waals surface area contributed by atoms with Crippen LogP contribution in [0.4, 0.5) is 5.69 Å². The minimum atomic E-state index is -1.08. The number of anilines is 1. The van der Waals surface area contributed by atoms with Crippen molar-refractivity contribution in [3.63, 3.8) is 0 Å². The highest BCUT2D eigenvalue weighted by Gasteiger charge is 2.34. The predicted molar refractivity (Wildman–Crippen MR) is 146 cm³/mol. The van der Waals surface area contributed by atoms with Gasteiger partial charge in [0.25, 0.3) is 0 Å². The normalized spacial score (nSPS) is 18.0. The number of aliphatic hydroxyl groups excluding tert-OH is 1. The third-order valence-electron chi connectivity index (χ3n) is 6.14. The highest BCUT2D eigenvalue weighted by molar-refractivity contribution is 14.1. The smallest absolute Gasteiger partial charge is 0.153 e. The topological polar surface area (TPSA) is 80.0 Å². The Hall–Kier alpha value is -2.35. The fourth-order valence-electron chi connectivity index (χ4n) is 4.35. The number of β-amino-alcohol motifs (C(OH)–C–C–N with tert-alkyl or cyclic N) is 1. The quantitative estimate of drug-likeness (QED) is 0.287. The Morgan fingerprint density at radius 1 is 1.03 bits per heavy atom. The van der Waals surface area contributed by atoms with Crippen LogP contribution in [0.3, 0.4) is 0 Å². The number of hydrogen-bond donors (Lipinski definition) is 2.